The van der Waals surface area contributed by atoms with Crippen LogP contribution in [-0.4, -0.2) is 12.2 Å². The smallest absolute Gasteiger partial charge is 0.139 e. The fraction of sp³-hybridized carbons (Fsp3) is 0.333. The van der Waals surface area contributed by atoms with Gasteiger partial charge in [-0.3, -0.25) is 0 Å². The van der Waals surface area contributed by atoms with Gasteiger partial charge in [-0.2, -0.15) is 0 Å². The summed E-state index contributed by atoms with van der Waals surface area (Å²) in [4.78, 5) is 0. The average Bonchev–Trinajstić information content (AvgIpc) is 2.61. The summed E-state index contributed by atoms with van der Waals surface area (Å²) >= 11 is 9.47. The molecule has 0 fully saturated rings. The van der Waals surface area contributed by atoms with E-state index in [1.54, 1.807) is 19.2 Å². The molecule has 1 unspecified atom stereocenters. The molecule has 1 aromatic carbocycles. The molecule has 1 N–H and O–H groups in total. The van der Waals surface area contributed by atoms with Crippen LogP contribution in [0.15, 0.2) is 21.0 Å². The minimum absolute atomic E-state index is 0.530. The van der Waals surface area contributed by atoms with E-state index in [0.717, 1.165) is 16.9 Å². The van der Waals surface area contributed by atoms with Crippen molar-refractivity contribution in [3.63, 3.8) is 0 Å². The van der Waals surface area contributed by atoms with Crippen molar-refractivity contribution in [2.45, 2.75) is 26.9 Å². The standard InChI is InChI=1S/C15H16BrClO3/c1-7-8(2)20-9(3)13(7)14(18)11-5-10(17)6-12(16)15(11)19-4/h5-6,14,18H,1-4H3. The van der Waals surface area contributed by atoms with Gasteiger partial charge in [0.1, 0.15) is 23.4 Å². The third-order valence-electron chi connectivity index (χ3n) is 3.43. The molecule has 20 heavy (non-hydrogen) atoms. The van der Waals surface area contributed by atoms with E-state index in [1.807, 2.05) is 20.8 Å². The van der Waals surface area contributed by atoms with Crippen LogP contribution in [0, 0.1) is 20.8 Å². The van der Waals surface area contributed by atoms with Gasteiger partial charge in [0.25, 0.3) is 0 Å². The first-order valence-electron chi connectivity index (χ1n) is 6.14. The van der Waals surface area contributed by atoms with Crippen LogP contribution in [0.25, 0.3) is 0 Å². The molecule has 3 nitrogen and oxygen atoms in total. The van der Waals surface area contributed by atoms with E-state index in [1.165, 1.54) is 0 Å². The molecule has 1 aromatic heterocycles. The first-order valence-corrected chi connectivity index (χ1v) is 7.31. The molecule has 5 heteroatoms. The predicted molar refractivity (Wildman–Crippen MR) is 82.7 cm³/mol. The summed E-state index contributed by atoms with van der Waals surface area (Å²) in [7, 11) is 1.56. The zero-order chi connectivity index (χ0) is 15.0. The highest BCUT2D eigenvalue weighted by Crippen LogP contribution is 2.40. The van der Waals surface area contributed by atoms with E-state index in [2.05, 4.69) is 15.9 Å². The van der Waals surface area contributed by atoms with Crippen LogP contribution in [-0.2, 0) is 0 Å². The van der Waals surface area contributed by atoms with Crippen LogP contribution < -0.4 is 4.74 Å². The van der Waals surface area contributed by atoms with E-state index in [9.17, 15) is 5.11 Å². The zero-order valence-electron chi connectivity index (χ0n) is 11.8. The van der Waals surface area contributed by atoms with E-state index in [-0.39, 0.29) is 0 Å². The lowest BCUT2D eigenvalue weighted by Crippen LogP contribution is -2.05. The number of methoxy groups -OCH3 is 1. The lowest BCUT2D eigenvalue weighted by Gasteiger charge is -2.17. The number of aryl methyl sites for hydroxylation is 2. The number of furan rings is 1. The maximum absolute atomic E-state index is 10.7. The highest BCUT2D eigenvalue weighted by Gasteiger charge is 2.24. The summed E-state index contributed by atoms with van der Waals surface area (Å²) in [6, 6.07) is 3.44. The topological polar surface area (TPSA) is 42.6 Å². The highest BCUT2D eigenvalue weighted by molar-refractivity contribution is 9.10. The van der Waals surface area contributed by atoms with Crippen molar-refractivity contribution >= 4 is 27.5 Å². The highest BCUT2D eigenvalue weighted by atomic mass is 79.9. The number of hydrogen-bond acceptors (Lipinski definition) is 3. The van der Waals surface area contributed by atoms with Crippen LogP contribution in [0.2, 0.25) is 5.02 Å². The van der Waals surface area contributed by atoms with Gasteiger partial charge >= 0.3 is 0 Å². The van der Waals surface area contributed by atoms with Gasteiger partial charge in [0.2, 0.25) is 0 Å². The van der Waals surface area contributed by atoms with Crippen molar-refractivity contribution in [2.75, 3.05) is 7.11 Å². The van der Waals surface area contributed by atoms with Crippen LogP contribution in [0.4, 0.5) is 0 Å². The number of hydrogen-bond donors (Lipinski definition) is 1. The number of aliphatic hydroxyl groups excluding tert-OH is 1. The Morgan fingerprint density at radius 2 is 1.90 bits per heavy atom. The van der Waals surface area contributed by atoms with Crippen LogP contribution in [0.5, 0.6) is 5.75 Å². The molecule has 2 rings (SSSR count). The van der Waals surface area contributed by atoms with Gasteiger partial charge in [0.15, 0.2) is 0 Å². The Morgan fingerprint density at radius 3 is 2.40 bits per heavy atom. The van der Waals surface area contributed by atoms with E-state index >= 15 is 0 Å². The second-order valence-electron chi connectivity index (χ2n) is 4.67. The minimum Gasteiger partial charge on any atom is -0.495 e. The number of rotatable bonds is 3. The monoisotopic (exact) mass is 358 g/mol. The van der Waals surface area contributed by atoms with Gasteiger partial charge in [-0.25, -0.2) is 0 Å². The Hall–Kier alpha value is -0.970. The van der Waals surface area contributed by atoms with Crippen LogP contribution >= 0.6 is 27.5 Å². The molecule has 0 bridgehead atoms. The van der Waals surface area contributed by atoms with Crippen molar-refractivity contribution in [1.29, 1.82) is 0 Å². The van der Waals surface area contributed by atoms with Crippen molar-refractivity contribution in [2.24, 2.45) is 0 Å². The average molecular weight is 360 g/mol. The number of aliphatic hydroxyl groups is 1. The molecule has 0 aliphatic rings. The summed E-state index contributed by atoms with van der Waals surface area (Å²) in [5, 5.41) is 11.2. The fourth-order valence-corrected chi connectivity index (χ4v) is 3.36. The third kappa shape index (κ3) is 2.60. The fourth-order valence-electron chi connectivity index (χ4n) is 2.37. The molecule has 0 amide bonds. The van der Waals surface area contributed by atoms with Crippen molar-refractivity contribution in [3.8, 4) is 5.75 Å². The zero-order valence-corrected chi connectivity index (χ0v) is 14.1. The Morgan fingerprint density at radius 1 is 1.25 bits per heavy atom. The van der Waals surface area contributed by atoms with Gasteiger partial charge in [-0.15, -0.1) is 0 Å². The number of benzene rings is 1. The SMILES string of the molecule is COc1c(Br)cc(Cl)cc1C(O)c1c(C)oc(C)c1C. The molecule has 0 aliphatic carbocycles. The molecule has 0 saturated heterocycles. The first-order chi connectivity index (χ1) is 9.36. The Bertz CT molecular complexity index is 649. The number of halogens is 2. The van der Waals surface area contributed by atoms with Gasteiger partial charge in [-0.1, -0.05) is 11.6 Å². The summed E-state index contributed by atoms with van der Waals surface area (Å²) in [6.45, 7) is 5.64. The van der Waals surface area contributed by atoms with Gasteiger partial charge in [0, 0.05) is 16.1 Å². The molecule has 2 aromatic rings. The predicted octanol–water partition coefficient (Wildman–Crippen LogP) is 4.71. The van der Waals surface area contributed by atoms with E-state index < -0.39 is 6.10 Å². The molecular formula is C15H16BrClO3. The van der Waals surface area contributed by atoms with E-state index in [4.69, 9.17) is 20.8 Å². The summed E-state index contributed by atoms with van der Waals surface area (Å²) in [5.74, 6) is 2.07. The second kappa shape index (κ2) is 5.80. The van der Waals surface area contributed by atoms with Gasteiger partial charge < -0.3 is 14.3 Å². The van der Waals surface area contributed by atoms with Crippen LogP contribution in [0.1, 0.15) is 34.3 Å². The summed E-state index contributed by atoms with van der Waals surface area (Å²) < 4.78 is 11.6. The Kier molecular flexibility index (Phi) is 4.47. The molecule has 1 heterocycles. The summed E-state index contributed by atoms with van der Waals surface area (Å²) in [6.07, 6.45) is -0.850. The molecule has 1 atom stereocenters. The Balaban J connectivity index is 2.61. The lowest BCUT2D eigenvalue weighted by molar-refractivity contribution is 0.211. The number of ether oxygens (including phenoxy) is 1. The van der Waals surface area contributed by atoms with Gasteiger partial charge in [0.05, 0.1) is 11.6 Å². The summed E-state index contributed by atoms with van der Waals surface area (Å²) in [5.41, 5.74) is 2.31. The molecule has 0 spiro atoms. The quantitative estimate of drug-likeness (QED) is 0.863. The maximum atomic E-state index is 10.7. The Labute approximate surface area is 131 Å². The second-order valence-corrected chi connectivity index (χ2v) is 5.96. The molecular weight excluding hydrogens is 344 g/mol. The lowest BCUT2D eigenvalue weighted by atomic mass is 9.97. The first kappa shape index (κ1) is 15.4. The van der Waals surface area contributed by atoms with Crippen molar-refractivity contribution in [3.05, 3.63) is 49.8 Å². The maximum Gasteiger partial charge on any atom is 0.139 e. The largest absolute Gasteiger partial charge is 0.495 e. The molecule has 108 valence electrons. The molecule has 0 radical (unpaired) electrons. The minimum atomic E-state index is -0.850. The van der Waals surface area contributed by atoms with Crippen molar-refractivity contribution in [1.82, 2.24) is 0 Å². The van der Waals surface area contributed by atoms with Crippen LogP contribution in [0.3, 0.4) is 0 Å². The molecule has 0 aliphatic heterocycles. The van der Waals surface area contributed by atoms with E-state index in [0.29, 0.717) is 26.6 Å². The third-order valence-corrected chi connectivity index (χ3v) is 4.23. The van der Waals surface area contributed by atoms with Gasteiger partial charge in [-0.05, 0) is 54.4 Å². The normalized spacial score (nSPS) is 12.6. The molecule has 0 saturated carbocycles. The van der Waals surface area contributed by atoms with Crippen molar-refractivity contribution < 1.29 is 14.3 Å².